The normalized spacial score (nSPS) is 25.0. The van der Waals surface area contributed by atoms with Gasteiger partial charge in [0.15, 0.2) is 5.96 Å². The summed E-state index contributed by atoms with van der Waals surface area (Å²) in [5, 5.41) is 0. The van der Waals surface area contributed by atoms with Crippen LogP contribution in [0, 0.1) is 17.8 Å². The third-order valence-electron chi connectivity index (χ3n) is 4.96. The lowest BCUT2D eigenvalue weighted by Crippen LogP contribution is -2.48. The van der Waals surface area contributed by atoms with Crippen molar-refractivity contribution in [3.8, 4) is 0 Å². The molecule has 1 aliphatic carbocycles. The van der Waals surface area contributed by atoms with Crippen LogP contribution < -0.4 is 17.2 Å². The summed E-state index contributed by atoms with van der Waals surface area (Å²) in [5.41, 5.74) is 17.6. The first-order chi connectivity index (χ1) is 11.8. The molecular formula is C17H34Cl2N4O4. The van der Waals surface area contributed by atoms with Gasteiger partial charge in [0.05, 0.1) is 18.6 Å². The van der Waals surface area contributed by atoms with Gasteiger partial charge in [-0.05, 0) is 19.3 Å². The van der Waals surface area contributed by atoms with Gasteiger partial charge in [-0.15, -0.1) is 24.8 Å². The van der Waals surface area contributed by atoms with E-state index in [9.17, 15) is 9.59 Å². The zero-order valence-corrected chi connectivity index (χ0v) is 18.1. The van der Waals surface area contributed by atoms with Gasteiger partial charge >= 0.3 is 11.9 Å². The summed E-state index contributed by atoms with van der Waals surface area (Å²) in [6.07, 6.45) is 1.40. The first-order valence-electron chi connectivity index (χ1n) is 8.94. The van der Waals surface area contributed by atoms with Gasteiger partial charge in [-0.2, -0.15) is 0 Å². The Morgan fingerprint density at radius 1 is 1.15 bits per heavy atom. The van der Waals surface area contributed by atoms with Crippen LogP contribution in [0.2, 0.25) is 0 Å². The van der Waals surface area contributed by atoms with Crippen molar-refractivity contribution in [2.24, 2.45) is 39.9 Å². The molecule has 0 unspecified atom stereocenters. The number of carbonyl (C=O) groups is 2. The van der Waals surface area contributed by atoms with Crippen LogP contribution in [0.1, 0.15) is 47.0 Å². The molecule has 5 atom stereocenters. The molecule has 0 aromatic rings. The first-order valence-corrected chi connectivity index (χ1v) is 8.94. The Balaban J connectivity index is 0. The van der Waals surface area contributed by atoms with Crippen molar-refractivity contribution in [3.63, 3.8) is 0 Å². The van der Waals surface area contributed by atoms with Crippen molar-refractivity contribution < 1.29 is 19.1 Å². The van der Waals surface area contributed by atoms with Gasteiger partial charge in [-0.25, -0.2) is 4.99 Å². The molecule has 10 heteroatoms. The number of hydrogen-bond acceptors (Lipinski definition) is 6. The molecule has 0 aromatic carbocycles. The van der Waals surface area contributed by atoms with Crippen LogP contribution in [-0.2, 0) is 19.1 Å². The molecule has 1 rings (SSSR count). The molecule has 0 heterocycles. The fourth-order valence-electron chi connectivity index (χ4n) is 3.82. The highest BCUT2D eigenvalue weighted by Crippen LogP contribution is 2.41. The van der Waals surface area contributed by atoms with E-state index in [0.717, 1.165) is 12.8 Å². The smallest absolute Gasteiger partial charge is 0.312 e. The lowest BCUT2D eigenvalue weighted by molar-refractivity contribution is -0.161. The van der Waals surface area contributed by atoms with E-state index < -0.39 is 24.0 Å². The van der Waals surface area contributed by atoms with Crippen molar-refractivity contribution in [1.29, 1.82) is 0 Å². The van der Waals surface area contributed by atoms with Crippen molar-refractivity contribution >= 4 is 42.7 Å². The second-order valence-corrected chi connectivity index (χ2v) is 6.52. The van der Waals surface area contributed by atoms with Gasteiger partial charge in [0.1, 0.15) is 6.10 Å². The number of aliphatic imine (C=N–C) groups is 1. The molecule has 1 aliphatic rings. The Hall–Kier alpha value is -1.25. The predicted molar refractivity (Wildman–Crippen MR) is 110 cm³/mol. The van der Waals surface area contributed by atoms with E-state index in [1.165, 1.54) is 6.92 Å². The van der Waals surface area contributed by atoms with E-state index in [1.54, 1.807) is 6.92 Å². The fraction of sp³-hybridized carbons (Fsp3) is 0.824. The maximum atomic E-state index is 12.4. The fourth-order valence-corrected chi connectivity index (χ4v) is 3.82. The predicted octanol–water partition coefficient (Wildman–Crippen LogP) is 1.37. The lowest BCUT2D eigenvalue weighted by atomic mass is 9.81. The molecule has 8 nitrogen and oxygen atoms in total. The lowest BCUT2D eigenvalue weighted by Gasteiger charge is -2.33. The summed E-state index contributed by atoms with van der Waals surface area (Å²) in [6.45, 7) is 7.41. The Morgan fingerprint density at radius 3 is 2.11 bits per heavy atom. The minimum absolute atomic E-state index is 0. The van der Waals surface area contributed by atoms with Crippen LogP contribution >= 0.6 is 24.8 Å². The Morgan fingerprint density at radius 2 is 1.70 bits per heavy atom. The molecule has 0 amide bonds. The summed E-state index contributed by atoms with van der Waals surface area (Å²) in [6, 6.07) is -0.689. The second kappa shape index (κ2) is 13.0. The van der Waals surface area contributed by atoms with Crippen LogP contribution in [-0.4, -0.2) is 42.7 Å². The molecule has 0 saturated heterocycles. The molecule has 0 bridgehead atoms. The summed E-state index contributed by atoms with van der Waals surface area (Å²) in [7, 11) is 0. The summed E-state index contributed by atoms with van der Waals surface area (Å²) < 4.78 is 10.7. The number of nitrogens with two attached hydrogens (primary N) is 3. The summed E-state index contributed by atoms with van der Waals surface area (Å²) in [5.74, 6) is -1.71. The van der Waals surface area contributed by atoms with Crippen LogP contribution in [0.15, 0.2) is 4.99 Å². The van der Waals surface area contributed by atoms with Crippen molar-refractivity contribution in [2.45, 2.75) is 65.1 Å². The Kier molecular flexibility index (Phi) is 13.5. The maximum absolute atomic E-state index is 12.4. The third-order valence-corrected chi connectivity index (χ3v) is 4.96. The van der Waals surface area contributed by atoms with Gasteiger partial charge in [0.2, 0.25) is 0 Å². The number of esters is 2. The molecule has 160 valence electrons. The number of hydrogen-bond donors (Lipinski definition) is 3. The van der Waals surface area contributed by atoms with Gasteiger partial charge < -0.3 is 26.7 Å². The Bertz CT molecular complexity index is 499. The zero-order valence-electron chi connectivity index (χ0n) is 16.4. The average molecular weight is 429 g/mol. The molecular weight excluding hydrogens is 395 g/mol. The highest BCUT2D eigenvalue weighted by molar-refractivity contribution is 5.85. The van der Waals surface area contributed by atoms with E-state index in [1.807, 2.05) is 0 Å². The van der Waals surface area contributed by atoms with Crippen LogP contribution in [0.5, 0.6) is 0 Å². The number of carbonyl (C=O) groups excluding carboxylic acids is 2. The molecule has 6 N–H and O–H groups in total. The molecule has 1 fully saturated rings. The summed E-state index contributed by atoms with van der Waals surface area (Å²) >= 11 is 0. The van der Waals surface area contributed by atoms with E-state index in [0.29, 0.717) is 6.42 Å². The number of guanidine groups is 1. The minimum Gasteiger partial charge on any atom is -0.466 e. The van der Waals surface area contributed by atoms with Crippen molar-refractivity contribution in [3.05, 3.63) is 0 Å². The van der Waals surface area contributed by atoms with Crippen LogP contribution in [0.4, 0.5) is 0 Å². The maximum Gasteiger partial charge on any atom is 0.312 e. The second-order valence-electron chi connectivity index (χ2n) is 6.52. The first kappa shape index (κ1) is 28.0. The number of halogens is 2. The van der Waals surface area contributed by atoms with Crippen LogP contribution in [0.3, 0.4) is 0 Å². The number of ether oxygens (including phenoxy) is 2. The van der Waals surface area contributed by atoms with Gasteiger partial charge in [-0.3, -0.25) is 9.59 Å². The van der Waals surface area contributed by atoms with Gasteiger partial charge in [-0.1, -0.05) is 26.7 Å². The zero-order chi connectivity index (χ0) is 19.1. The van der Waals surface area contributed by atoms with Crippen molar-refractivity contribution in [1.82, 2.24) is 0 Å². The number of nitrogens with zero attached hydrogens (tertiary/aromatic N) is 1. The van der Waals surface area contributed by atoms with Gasteiger partial charge in [0.25, 0.3) is 0 Å². The SMILES string of the molecule is CCOC(=O)[C@H]1C[C@@H](N=C(N)N)[C@H]([C@@H](N)C(CC)CC)[C@@H]1OC(C)=O.Cl.Cl. The molecule has 0 aromatic heterocycles. The minimum atomic E-state index is -0.694. The highest BCUT2D eigenvalue weighted by Gasteiger charge is 2.52. The topological polar surface area (TPSA) is 143 Å². The Labute approximate surface area is 173 Å². The molecule has 0 aliphatic heterocycles. The number of rotatable bonds is 8. The third kappa shape index (κ3) is 7.35. The van der Waals surface area contributed by atoms with E-state index in [2.05, 4.69) is 18.8 Å². The standard InChI is InChI=1S/C17H32N4O4.2ClH/c1-5-10(6-2)14(18)13-12(21-17(19)20)8-11(16(23)24-7-3)15(13)25-9(4)22;;/h10-15H,5-8,18H2,1-4H3,(H4,19,20,21);2*1H/t11-,12+,13+,14-,15+;;/m0../s1. The van der Waals surface area contributed by atoms with Crippen LogP contribution in [0.25, 0.3) is 0 Å². The average Bonchev–Trinajstić information content (AvgIpc) is 2.85. The van der Waals surface area contributed by atoms with E-state index >= 15 is 0 Å². The molecule has 27 heavy (non-hydrogen) atoms. The molecule has 0 radical (unpaired) electrons. The highest BCUT2D eigenvalue weighted by atomic mass is 35.5. The largest absolute Gasteiger partial charge is 0.466 e. The van der Waals surface area contributed by atoms with E-state index in [4.69, 9.17) is 26.7 Å². The molecule has 0 spiro atoms. The monoisotopic (exact) mass is 428 g/mol. The summed E-state index contributed by atoms with van der Waals surface area (Å²) in [4.78, 5) is 28.3. The van der Waals surface area contributed by atoms with E-state index in [-0.39, 0.29) is 61.3 Å². The molecule has 1 saturated carbocycles. The quantitative estimate of drug-likeness (QED) is 0.300. The van der Waals surface area contributed by atoms with Crippen molar-refractivity contribution in [2.75, 3.05) is 6.61 Å². The van der Waals surface area contributed by atoms with Gasteiger partial charge in [0, 0.05) is 18.9 Å².